The van der Waals surface area contributed by atoms with Gasteiger partial charge in [-0.15, -0.1) is 0 Å². The molecule has 1 aliphatic rings. The minimum atomic E-state index is 0.316. The fraction of sp³-hybridized carbons (Fsp3) is 1.00. The van der Waals surface area contributed by atoms with Crippen LogP contribution in [0.5, 0.6) is 0 Å². The quantitative estimate of drug-likeness (QED) is 0.642. The van der Waals surface area contributed by atoms with Gasteiger partial charge in [-0.05, 0) is 13.5 Å². The van der Waals surface area contributed by atoms with E-state index in [4.69, 9.17) is 15.2 Å². The van der Waals surface area contributed by atoms with Gasteiger partial charge in [0.2, 0.25) is 0 Å². The van der Waals surface area contributed by atoms with E-state index in [9.17, 15) is 0 Å². The molecule has 1 rings (SSSR count). The zero-order valence-electron chi connectivity index (χ0n) is 8.53. The first-order valence-electron chi connectivity index (χ1n) is 4.78. The van der Waals surface area contributed by atoms with Gasteiger partial charge in [0.1, 0.15) is 0 Å². The second kappa shape index (κ2) is 5.54. The van der Waals surface area contributed by atoms with Crippen molar-refractivity contribution in [1.82, 2.24) is 4.90 Å². The number of nitrogens with two attached hydrogens (primary N) is 1. The largest absolute Gasteiger partial charge is 0.383 e. The van der Waals surface area contributed by atoms with E-state index < -0.39 is 0 Å². The summed E-state index contributed by atoms with van der Waals surface area (Å²) < 4.78 is 10.4. The lowest BCUT2D eigenvalue weighted by molar-refractivity contribution is 0.0761. The van der Waals surface area contributed by atoms with Crippen LogP contribution in [0.3, 0.4) is 0 Å². The van der Waals surface area contributed by atoms with Crippen molar-refractivity contribution >= 4 is 0 Å². The smallest absolute Gasteiger partial charge is 0.0630 e. The monoisotopic (exact) mass is 188 g/mol. The maximum Gasteiger partial charge on any atom is 0.0630 e. The Morgan fingerprint density at radius 2 is 2.46 bits per heavy atom. The van der Waals surface area contributed by atoms with Crippen molar-refractivity contribution in [1.29, 1.82) is 0 Å². The summed E-state index contributed by atoms with van der Waals surface area (Å²) in [5.41, 5.74) is 5.66. The van der Waals surface area contributed by atoms with Gasteiger partial charge in [-0.1, -0.05) is 0 Å². The number of ether oxygens (including phenoxy) is 2. The van der Waals surface area contributed by atoms with Crippen LogP contribution in [0.25, 0.3) is 0 Å². The standard InChI is InChI=1S/C9H20N2O2/c1-11(8-3-4-13-7-8)9(5-10)6-12-2/h8-9H,3-7,10H2,1-2H3. The van der Waals surface area contributed by atoms with Crippen LogP contribution in [0, 0.1) is 0 Å². The third-order valence-electron chi connectivity index (χ3n) is 2.69. The van der Waals surface area contributed by atoms with Crippen LogP contribution in [-0.4, -0.2) is 57.5 Å². The average molecular weight is 188 g/mol. The molecule has 0 aromatic heterocycles. The van der Waals surface area contributed by atoms with E-state index in [1.54, 1.807) is 7.11 Å². The molecule has 2 atom stereocenters. The Kier molecular flexibility index (Phi) is 4.66. The normalized spacial score (nSPS) is 25.4. The van der Waals surface area contributed by atoms with E-state index in [0.717, 1.165) is 19.6 Å². The van der Waals surface area contributed by atoms with Crippen LogP contribution in [-0.2, 0) is 9.47 Å². The molecule has 0 bridgehead atoms. The van der Waals surface area contributed by atoms with Crippen LogP contribution < -0.4 is 5.73 Å². The summed E-state index contributed by atoms with van der Waals surface area (Å²) in [6.07, 6.45) is 1.11. The van der Waals surface area contributed by atoms with Crippen molar-refractivity contribution in [3.63, 3.8) is 0 Å². The van der Waals surface area contributed by atoms with E-state index >= 15 is 0 Å². The molecule has 0 aliphatic carbocycles. The molecular formula is C9H20N2O2. The molecule has 0 amide bonds. The average Bonchev–Trinajstić information content (AvgIpc) is 2.65. The Balaban J connectivity index is 2.37. The summed E-state index contributed by atoms with van der Waals surface area (Å²) in [7, 11) is 3.80. The third kappa shape index (κ3) is 2.91. The number of rotatable bonds is 5. The van der Waals surface area contributed by atoms with Gasteiger partial charge in [0.05, 0.1) is 13.2 Å². The highest BCUT2D eigenvalue weighted by atomic mass is 16.5. The first-order chi connectivity index (χ1) is 6.29. The second-order valence-corrected chi connectivity index (χ2v) is 3.53. The highest BCUT2D eigenvalue weighted by Crippen LogP contribution is 2.13. The zero-order chi connectivity index (χ0) is 9.68. The summed E-state index contributed by atoms with van der Waals surface area (Å²) in [4.78, 5) is 2.27. The Labute approximate surface area is 80.0 Å². The lowest BCUT2D eigenvalue weighted by Gasteiger charge is -2.30. The molecule has 0 spiro atoms. The number of likely N-dealkylation sites (N-methyl/N-ethyl adjacent to an activating group) is 1. The summed E-state index contributed by atoms with van der Waals surface area (Å²) in [6.45, 7) is 3.04. The lowest BCUT2D eigenvalue weighted by Crippen LogP contribution is -2.47. The summed E-state index contributed by atoms with van der Waals surface area (Å²) in [6, 6.07) is 0.834. The molecule has 0 radical (unpaired) electrons. The molecule has 0 aromatic carbocycles. The number of hydrogen-bond acceptors (Lipinski definition) is 4. The fourth-order valence-corrected chi connectivity index (χ4v) is 1.69. The van der Waals surface area contributed by atoms with E-state index in [0.29, 0.717) is 25.2 Å². The van der Waals surface area contributed by atoms with Crippen molar-refractivity contribution < 1.29 is 9.47 Å². The fourth-order valence-electron chi connectivity index (χ4n) is 1.69. The van der Waals surface area contributed by atoms with Crippen molar-refractivity contribution in [2.75, 3.05) is 40.5 Å². The summed E-state index contributed by atoms with van der Waals surface area (Å²) >= 11 is 0. The summed E-state index contributed by atoms with van der Waals surface area (Å²) in [5, 5.41) is 0. The van der Waals surface area contributed by atoms with Gasteiger partial charge < -0.3 is 15.2 Å². The Hall–Kier alpha value is -0.160. The molecule has 1 aliphatic heterocycles. The van der Waals surface area contributed by atoms with Crippen LogP contribution >= 0.6 is 0 Å². The molecule has 4 heteroatoms. The lowest BCUT2D eigenvalue weighted by atomic mass is 10.1. The number of hydrogen-bond donors (Lipinski definition) is 1. The molecule has 1 saturated heterocycles. The minimum Gasteiger partial charge on any atom is -0.383 e. The molecule has 78 valence electrons. The molecule has 2 unspecified atom stereocenters. The molecule has 0 saturated carbocycles. The van der Waals surface area contributed by atoms with Crippen molar-refractivity contribution in [3.8, 4) is 0 Å². The second-order valence-electron chi connectivity index (χ2n) is 3.53. The van der Waals surface area contributed by atoms with Crippen LogP contribution in [0.4, 0.5) is 0 Å². The van der Waals surface area contributed by atoms with Crippen LogP contribution in [0.1, 0.15) is 6.42 Å². The highest BCUT2D eigenvalue weighted by molar-refractivity contribution is 4.79. The molecule has 1 heterocycles. The Morgan fingerprint density at radius 3 is 2.92 bits per heavy atom. The first-order valence-corrected chi connectivity index (χ1v) is 4.78. The molecule has 2 N–H and O–H groups in total. The van der Waals surface area contributed by atoms with Crippen LogP contribution in [0.2, 0.25) is 0 Å². The Bertz CT molecular complexity index is 138. The SMILES string of the molecule is COCC(CN)N(C)C1CCOC1. The molecule has 13 heavy (non-hydrogen) atoms. The van der Waals surface area contributed by atoms with Crippen molar-refractivity contribution in [2.45, 2.75) is 18.5 Å². The minimum absolute atomic E-state index is 0.316. The van der Waals surface area contributed by atoms with Crippen molar-refractivity contribution in [2.24, 2.45) is 5.73 Å². The van der Waals surface area contributed by atoms with Crippen LogP contribution in [0.15, 0.2) is 0 Å². The highest BCUT2D eigenvalue weighted by Gasteiger charge is 2.25. The van der Waals surface area contributed by atoms with Gasteiger partial charge >= 0.3 is 0 Å². The predicted molar refractivity (Wildman–Crippen MR) is 51.7 cm³/mol. The number of nitrogens with zero attached hydrogens (tertiary/aromatic N) is 1. The molecular weight excluding hydrogens is 168 g/mol. The molecule has 1 fully saturated rings. The molecule has 0 aromatic rings. The van der Waals surface area contributed by atoms with E-state index in [1.165, 1.54) is 0 Å². The third-order valence-corrected chi connectivity index (χ3v) is 2.69. The van der Waals surface area contributed by atoms with E-state index in [1.807, 2.05) is 0 Å². The van der Waals surface area contributed by atoms with Gasteiger partial charge in [0.25, 0.3) is 0 Å². The van der Waals surface area contributed by atoms with Gasteiger partial charge in [0, 0.05) is 32.3 Å². The first kappa shape index (κ1) is 10.9. The molecule has 4 nitrogen and oxygen atoms in total. The topological polar surface area (TPSA) is 47.7 Å². The van der Waals surface area contributed by atoms with Gasteiger partial charge in [0.15, 0.2) is 0 Å². The Morgan fingerprint density at radius 1 is 1.69 bits per heavy atom. The number of methoxy groups -OCH3 is 1. The van der Waals surface area contributed by atoms with Gasteiger partial charge in [-0.25, -0.2) is 0 Å². The van der Waals surface area contributed by atoms with E-state index in [-0.39, 0.29) is 0 Å². The predicted octanol–water partition coefficient (Wildman–Crippen LogP) is -0.319. The maximum absolute atomic E-state index is 5.66. The van der Waals surface area contributed by atoms with Gasteiger partial charge in [-0.3, -0.25) is 4.90 Å². The summed E-state index contributed by atoms with van der Waals surface area (Å²) in [5.74, 6) is 0. The van der Waals surface area contributed by atoms with Crippen molar-refractivity contribution in [3.05, 3.63) is 0 Å². The van der Waals surface area contributed by atoms with E-state index in [2.05, 4.69) is 11.9 Å². The zero-order valence-corrected chi connectivity index (χ0v) is 8.53. The maximum atomic E-state index is 5.66. The van der Waals surface area contributed by atoms with Gasteiger partial charge in [-0.2, -0.15) is 0 Å².